The van der Waals surface area contributed by atoms with Gasteiger partial charge in [-0.05, 0) is 0 Å². The number of carbonyl (C=O) groups excluding carboxylic acids is 2. The third-order valence-corrected chi connectivity index (χ3v) is 1.18. The fraction of sp³-hybridized carbons (Fsp3) is 0.333. The number of rotatable bonds is 3. The first-order valence-corrected chi connectivity index (χ1v) is 2.87. The van der Waals surface area contributed by atoms with Crippen LogP contribution in [0.4, 0.5) is 0 Å². The van der Waals surface area contributed by atoms with Crippen molar-refractivity contribution in [3.63, 3.8) is 0 Å². The smallest absolute Gasteiger partial charge is 0.207 e. The van der Waals surface area contributed by atoms with Gasteiger partial charge >= 0.3 is 0 Å². The van der Waals surface area contributed by atoms with E-state index in [1.165, 1.54) is 12.3 Å². The molecule has 0 aliphatic carbocycles. The van der Waals surface area contributed by atoms with Crippen LogP contribution < -0.4 is 5.32 Å². The van der Waals surface area contributed by atoms with Crippen LogP contribution in [0, 0.1) is 0 Å². The summed E-state index contributed by atoms with van der Waals surface area (Å²) < 4.78 is 4.82. The molecule has 1 aliphatic heterocycles. The van der Waals surface area contributed by atoms with E-state index in [2.05, 4.69) is 5.32 Å². The zero-order valence-corrected chi connectivity index (χ0v) is 5.24. The van der Waals surface area contributed by atoms with Crippen molar-refractivity contribution in [2.45, 2.75) is 6.10 Å². The molecule has 0 spiro atoms. The highest BCUT2D eigenvalue weighted by atomic mass is 16.5. The standard InChI is InChI=1S/C6H7NO3/c8-4-7-3-6-5(9)1-2-10-6/h1-2,4,6H,3H2,(H,7,8). The van der Waals surface area contributed by atoms with E-state index in [9.17, 15) is 9.59 Å². The van der Waals surface area contributed by atoms with Crippen molar-refractivity contribution in [3.05, 3.63) is 12.3 Å². The van der Waals surface area contributed by atoms with E-state index in [0.29, 0.717) is 6.41 Å². The maximum absolute atomic E-state index is 10.7. The van der Waals surface area contributed by atoms with Crippen molar-refractivity contribution < 1.29 is 14.3 Å². The zero-order valence-electron chi connectivity index (χ0n) is 5.24. The summed E-state index contributed by atoms with van der Waals surface area (Å²) in [7, 11) is 0. The van der Waals surface area contributed by atoms with Crippen LogP contribution >= 0.6 is 0 Å². The molecule has 4 heteroatoms. The van der Waals surface area contributed by atoms with E-state index < -0.39 is 6.10 Å². The lowest BCUT2D eigenvalue weighted by molar-refractivity contribution is -0.120. The molecule has 1 amide bonds. The Morgan fingerprint density at radius 2 is 2.60 bits per heavy atom. The maximum atomic E-state index is 10.7. The van der Waals surface area contributed by atoms with Gasteiger partial charge < -0.3 is 10.1 Å². The van der Waals surface area contributed by atoms with Crippen LogP contribution in [0.1, 0.15) is 0 Å². The van der Waals surface area contributed by atoms with E-state index in [-0.39, 0.29) is 12.3 Å². The van der Waals surface area contributed by atoms with E-state index in [1.54, 1.807) is 0 Å². The molecule has 4 nitrogen and oxygen atoms in total. The lowest BCUT2D eigenvalue weighted by Crippen LogP contribution is -2.30. The average molecular weight is 141 g/mol. The molecular weight excluding hydrogens is 134 g/mol. The Kier molecular flexibility index (Phi) is 2.04. The van der Waals surface area contributed by atoms with Crippen LogP contribution in [0.5, 0.6) is 0 Å². The topological polar surface area (TPSA) is 55.4 Å². The zero-order chi connectivity index (χ0) is 7.40. The van der Waals surface area contributed by atoms with Crippen molar-refractivity contribution in [2.75, 3.05) is 6.54 Å². The SMILES string of the molecule is O=CNCC1OC=CC1=O. The summed E-state index contributed by atoms with van der Waals surface area (Å²) in [5, 5.41) is 2.35. The van der Waals surface area contributed by atoms with Crippen LogP contribution in [-0.2, 0) is 14.3 Å². The summed E-state index contributed by atoms with van der Waals surface area (Å²) in [4.78, 5) is 20.5. The van der Waals surface area contributed by atoms with E-state index in [0.717, 1.165) is 0 Å². The molecule has 0 aromatic heterocycles. The highest BCUT2D eigenvalue weighted by molar-refractivity contribution is 5.95. The van der Waals surface area contributed by atoms with Crippen LogP contribution in [0.15, 0.2) is 12.3 Å². The molecule has 54 valence electrons. The first-order chi connectivity index (χ1) is 4.84. The van der Waals surface area contributed by atoms with Crippen molar-refractivity contribution in [2.24, 2.45) is 0 Å². The maximum Gasteiger partial charge on any atom is 0.207 e. The third-order valence-electron chi connectivity index (χ3n) is 1.18. The minimum atomic E-state index is -0.509. The van der Waals surface area contributed by atoms with Gasteiger partial charge in [-0.15, -0.1) is 0 Å². The van der Waals surface area contributed by atoms with E-state index in [1.807, 2.05) is 0 Å². The number of hydrogen-bond acceptors (Lipinski definition) is 3. The minimum Gasteiger partial charge on any atom is -0.488 e. The first-order valence-electron chi connectivity index (χ1n) is 2.87. The Bertz CT molecular complexity index is 176. The molecule has 0 saturated heterocycles. The highest BCUT2D eigenvalue weighted by Crippen LogP contribution is 2.02. The summed E-state index contributed by atoms with van der Waals surface area (Å²) in [6.45, 7) is 0.245. The van der Waals surface area contributed by atoms with Crippen molar-refractivity contribution in [1.29, 1.82) is 0 Å². The van der Waals surface area contributed by atoms with Gasteiger partial charge in [-0.25, -0.2) is 0 Å². The second-order valence-corrected chi connectivity index (χ2v) is 1.86. The quantitative estimate of drug-likeness (QED) is 0.524. The molecule has 1 unspecified atom stereocenters. The minimum absolute atomic E-state index is 0.102. The number of hydrogen-bond donors (Lipinski definition) is 1. The molecule has 0 aromatic rings. The van der Waals surface area contributed by atoms with Crippen LogP contribution in [-0.4, -0.2) is 24.8 Å². The van der Waals surface area contributed by atoms with Gasteiger partial charge in [0, 0.05) is 6.08 Å². The lowest BCUT2D eigenvalue weighted by Gasteiger charge is -2.05. The van der Waals surface area contributed by atoms with E-state index >= 15 is 0 Å². The molecule has 10 heavy (non-hydrogen) atoms. The van der Waals surface area contributed by atoms with Gasteiger partial charge in [-0.3, -0.25) is 9.59 Å². The van der Waals surface area contributed by atoms with Crippen LogP contribution in [0.25, 0.3) is 0 Å². The summed E-state index contributed by atoms with van der Waals surface area (Å²) in [6.07, 6.45) is 2.70. The molecule has 0 saturated carbocycles. The lowest BCUT2D eigenvalue weighted by atomic mass is 10.2. The van der Waals surface area contributed by atoms with Gasteiger partial charge in [0.2, 0.25) is 12.2 Å². The first kappa shape index (κ1) is 6.80. The highest BCUT2D eigenvalue weighted by Gasteiger charge is 2.19. The molecule has 0 bridgehead atoms. The summed E-state index contributed by atoms with van der Waals surface area (Å²) >= 11 is 0. The molecule has 0 fully saturated rings. The van der Waals surface area contributed by atoms with Crippen molar-refractivity contribution >= 4 is 12.2 Å². The largest absolute Gasteiger partial charge is 0.488 e. The molecule has 1 atom stereocenters. The van der Waals surface area contributed by atoms with Crippen LogP contribution in [0.3, 0.4) is 0 Å². The number of amides is 1. The monoisotopic (exact) mass is 141 g/mol. The van der Waals surface area contributed by atoms with Crippen molar-refractivity contribution in [3.8, 4) is 0 Å². The molecule has 0 radical (unpaired) electrons. The Balaban J connectivity index is 2.30. The molecule has 1 rings (SSSR count). The predicted octanol–water partition coefficient (Wildman–Crippen LogP) is -0.786. The molecule has 1 aliphatic rings. The number of ketones is 1. The van der Waals surface area contributed by atoms with E-state index in [4.69, 9.17) is 4.74 Å². The number of nitrogens with one attached hydrogen (secondary N) is 1. The molecule has 1 N–H and O–H groups in total. The molecule has 0 aromatic carbocycles. The van der Waals surface area contributed by atoms with Gasteiger partial charge in [-0.2, -0.15) is 0 Å². The van der Waals surface area contributed by atoms with Gasteiger partial charge in [0.1, 0.15) is 0 Å². The second-order valence-electron chi connectivity index (χ2n) is 1.86. The Labute approximate surface area is 57.9 Å². The Hall–Kier alpha value is -1.32. The Morgan fingerprint density at radius 3 is 3.10 bits per heavy atom. The Morgan fingerprint density at radius 1 is 1.80 bits per heavy atom. The van der Waals surface area contributed by atoms with Gasteiger partial charge in [0.05, 0.1) is 12.8 Å². The van der Waals surface area contributed by atoms with Crippen molar-refractivity contribution in [1.82, 2.24) is 5.32 Å². The molecular formula is C6H7NO3. The van der Waals surface area contributed by atoms with Gasteiger partial charge in [0.15, 0.2) is 6.10 Å². The fourth-order valence-electron chi connectivity index (χ4n) is 0.679. The number of ether oxygens (including phenoxy) is 1. The van der Waals surface area contributed by atoms with Gasteiger partial charge in [-0.1, -0.05) is 0 Å². The summed E-state index contributed by atoms with van der Waals surface area (Å²) in [5.74, 6) is -0.102. The summed E-state index contributed by atoms with van der Waals surface area (Å²) in [5.41, 5.74) is 0. The predicted molar refractivity (Wildman–Crippen MR) is 33.1 cm³/mol. The van der Waals surface area contributed by atoms with Gasteiger partial charge in [0.25, 0.3) is 0 Å². The third kappa shape index (κ3) is 1.34. The molecule has 1 heterocycles. The fourth-order valence-corrected chi connectivity index (χ4v) is 0.679. The normalized spacial score (nSPS) is 22.4. The average Bonchev–Trinajstić information content (AvgIpc) is 2.31. The summed E-state index contributed by atoms with van der Waals surface area (Å²) in [6, 6.07) is 0. The van der Waals surface area contributed by atoms with Crippen LogP contribution in [0.2, 0.25) is 0 Å². The number of carbonyl (C=O) groups is 2. The second kappa shape index (κ2) is 3.00.